The van der Waals surface area contributed by atoms with Gasteiger partial charge in [-0.3, -0.25) is 0 Å². The molecule has 1 aliphatic heterocycles. The lowest BCUT2D eigenvalue weighted by atomic mass is 10.1. The Labute approximate surface area is 65.4 Å². The molecule has 0 aromatic rings. The van der Waals surface area contributed by atoms with Crippen molar-refractivity contribution in [3.8, 4) is 0 Å². The van der Waals surface area contributed by atoms with Crippen molar-refractivity contribution < 1.29 is 6.16 Å². The minimum Gasteiger partial charge on any atom is -0.381 e. The van der Waals surface area contributed by atoms with Crippen LogP contribution in [0, 0.1) is 5.92 Å². The summed E-state index contributed by atoms with van der Waals surface area (Å²) in [4.78, 5) is 0. The molecule has 1 unspecified atom stereocenters. The van der Waals surface area contributed by atoms with Gasteiger partial charge < -0.3 is 10.1 Å². The highest BCUT2D eigenvalue weighted by atomic mass is 16.5. The number of hydrogen-bond acceptors (Lipinski definition) is 2. The molecule has 0 saturated carbocycles. The minimum absolute atomic E-state index is 0. The Hall–Kier alpha value is -0.0800. The summed E-state index contributed by atoms with van der Waals surface area (Å²) in [5, 5.41) is 3.13. The van der Waals surface area contributed by atoms with Crippen LogP contribution in [0.3, 0.4) is 0 Å². The van der Waals surface area contributed by atoms with E-state index in [-0.39, 0.29) is 1.43 Å². The van der Waals surface area contributed by atoms with E-state index in [0.29, 0.717) is 0 Å². The first-order chi connectivity index (χ1) is 4.93. The maximum atomic E-state index is 5.17. The summed E-state index contributed by atoms with van der Waals surface area (Å²) in [6.07, 6.45) is 1.24. The maximum Gasteiger partial charge on any atom is 0.0507 e. The van der Waals surface area contributed by atoms with Gasteiger partial charge in [-0.1, -0.05) is 13.8 Å². The molecule has 2 heteroatoms. The molecule has 1 N–H and O–H groups in total. The number of nitrogens with one attached hydrogen (secondary N) is 1. The molecule has 1 fully saturated rings. The molecule has 1 rings (SSSR count). The van der Waals surface area contributed by atoms with E-state index in [4.69, 9.17) is 4.74 Å². The van der Waals surface area contributed by atoms with Crippen LogP contribution in [0.15, 0.2) is 0 Å². The summed E-state index contributed by atoms with van der Waals surface area (Å²) >= 11 is 0. The molecule has 0 amide bonds. The predicted molar refractivity (Wildman–Crippen MR) is 46.3 cm³/mol. The summed E-state index contributed by atoms with van der Waals surface area (Å²) in [6.45, 7) is 7.03. The fourth-order valence-electron chi connectivity index (χ4n) is 1.03. The summed E-state index contributed by atoms with van der Waals surface area (Å²) in [5.41, 5.74) is 0. The van der Waals surface area contributed by atoms with E-state index in [9.17, 15) is 0 Å². The molecule has 1 heterocycles. The molecular formula is C8H21NO. The molecule has 2 nitrogen and oxygen atoms in total. The van der Waals surface area contributed by atoms with Gasteiger partial charge in [-0.05, 0) is 25.9 Å². The van der Waals surface area contributed by atoms with Crippen molar-refractivity contribution in [3.05, 3.63) is 0 Å². The van der Waals surface area contributed by atoms with Crippen LogP contribution >= 0.6 is 0 Å². The predicted octanol–water partition coefficient (Wildman–Crippen LogP) is 1.51. The van der Waals surface area contributed by atoms with Crippen molar-refractivity contribution in [2.45, 2.75) is 20.3 Å². The van der Waals surface area contributed by atoms with Crippen LogP contribution in [0.4, 0.5) is 0 Å². The molecule has 0 spiro atoms. The largest absolute Gasteiger partial charge is 0.381 e. The first kappa shape index (κ1) is 9.92. The molecule has 0 aromatic heterocycles. The Kier molecular flexibility index (Phi) is 6.98. The van der Waals surface area contributed by atoms with E-state index in [0.717, 1.165) is 25.7 Å². The van der Waals surface area contributed by atoms with E-state index >= 15 is 0 Å². The maximum absolute atomic E-state index is 5.17. The first-order valence-electron chi connectivity index (χ1n) is 4.16. The monoisotopic (exact) mass is 147 g/mol. The fourth-order valence-corrected chi connectivity index (χ4v) is 1.03. The van der Waals surface area contributed by atoms with Crippen molar-refractivity contribution in [3.63, 3.8) is 0 Å². The molecule has 64 valence electrons. The third-order valence-corrected chi connectivity index (χ3v) is 1.52. The van der Waals surface area contributed by atoms with Gasteiger partial charge >= 0.3 is 0 Å². The first-order valence-corrected chi connectivity index (χ1v) is 4.16. The number of hydrogen-bond donors (Lipinski definition) is 1. The van der Waals surface area contributed by atoms with E-state index in [2.05, 4.69) is 5.32 Å². The smallest absolute Gasteiger partial charge is 0.0507 e. The zero-order valence-corrected chi connectivity index (χ0v) is 7.31. The highest BCUT2D eigenvalue weighted by Crippen LogP contribution is 2.09. The quantitative estimate of drug-likeness (QED) is 0.639. The van der Waals surface area contributed by atoms with Crippen LogP contribution in [-0.2, 0) is 4.74 Å². The Morgan fingerprint density at radius 1 is 1.60 bits per heavy atom. The van der Waals surface area contributed by atoms with Crippen molar-refractivity contribution >= 4 is 0 Å². The molecular weight excluding hydrogens is 126 g/mol. The highest BCUT2D eigenvalue weighted by molar-refractivity contribution is 4.64. The van der Waals surface area contributed by atoms with Crippen LogP contribution in [-0.4, -0.2) is 26.8 Å². The van der Waals surface area contributed by atoms with E-state index in [1.165, 1.54) is 6.42 Å². The zero-order chi connectivity index (χ0) is 7.82. The second-order valence-electron chi connectivity index (χ2n) is 2.29. The molecule has 0 bridgehead atoms. The summed E-state index contributed by atoms with van der Waals surface area (Å²) in [5.74, 6) is 0.778. The van der Waals surface area contributed by atoms with Crippen LogP contribution in [0.5, 0.6) is 0 Å². The average Bonchev–Trinajstić information content (AvgIpc) is 2.46. The van der Waals surface area contributed by atoms with Gasteiger partial charge in [0, 0.05) is 8.03 Å². The van der Waals surface area contributed by atoms with Gasteiger partial charge in [-0.15, -0.1) is 0 Å². The van der Waals surface area contributed by atoms with Gasteiger partial charge in [0.25, 0.3) is 0 Å². The third-order valence-electron chi connectivity index (χ3n) is 1.52. The SMILES string of the molecule is CC.CNCC1CCOC1.[HH]. The van der Waals surface area contributed by atoms with Crippen LogP contribution < -0.4 is 5.32 Å². The van der Waals surface area contributed by atoms with Gasteiger partial charge in [0.15, 0.2) is 0 Å². The molecule has 10 heavy (non-hydrogen) atoms. The lowest BCUT2D eigenvalue weighted by molar-refractivity contribution is 0.185. The second kappa shape index (κ2) is 7.03. The van der Waals surface area contributed by atoms with Crippen LogP contribution in [0.25, 0.3) is 0 Å². The molecule has 0 aromatic carbocycles. The third kappa shape index (κ3) is 3.85. The highest BCUT2D eigenvalue weighted by Gasteiger charge is 2.13. The lowest BCUT2D eigenvalue weighted by Crippen LogP contribution is -2.18. The van der Waals surface area contributed by atoms with Gasteiger partial charge in [0.05, 0.1) is 6.61 Å². The summed E-state index contributed by atoms with van der Waals surface area (Å²) in [6, 6.07) is 0. The van der Waals surface area contributed by atoms with Crippen molar-refractivity contribution in [2.75, 3.05) is 26.8 Å². The van der Waals surface area contributed by atoms with E-state index < -0.39 is 0 Å². The molecule has 1 atom stereocenters. The summed E-state index contributed by atoms with van der Waals surface area (Å²) in [7, 11) is 1.98. The Bertz CT molecular complexity index is 65.1. The van der Waals surface area contributed by atoms with Crippen molar-refractivity contribution in [2.24, 2.45) is 5.92 Å². The topological polar surface area (TPSA) is 21.3 Å². The van der Waals surface area contributed by atoms with Gasteiger partial charge in [0.2, 0.25) is 0 Å². The van der Waals surface area contributed by atoms with Crippen LogP contribution in [0.2, 0.25) is 0 Å². The van der Waals surface area contributed by atoms with E-state index in [1.807, 2.05) is 20.9 Å². The molecule has 0 aliphatic carbocycles. The van der Waals surface area contributed by atoms with Crippen molar-refractivity contribution in [1.82, 2.24) is 5.32 Å². The lowest BCUT2D eigenvalue weighted by Gasteiger charge is -2.03. The fraction of sp³-hybridized carbons (Fsp3) is 1.00. The van der Waals surface area contributed by atoms with E-state index in [1.54, 1.807) is 0 Å². The average molecular weight is 147 g/mol. The molecule has 1 saturated heterocycles. The Balaban J connectivity index is 0. The van der Waals surface area contributed by atoms with Gasteiger partial charge in [0.1, 0.15) is 0 Å². The van der Waals surface area contributed by atoms with Crippen molar-refractivity contribution in [1.29, 1.82) is 0 Å². The molecule has 1 aliphatic rings. The number of rotatable bonds is 2. The van der Waals surface area contributed by atoms with Crippen LogP contribution in [0.1, 0.15) is 21.7 Å². The minimum atomic E-state index is 0. The number of ether oxygens (including phenoxy) is 1. The second-order valence-corrected chi connectivity index (χ2v) is 2.29. The zero-order valence-electron chi connectivity index (χ0n) is 7.31. The Morgan fingerprint density at radius 3 is 2.70 bits per heavy atom. The Morgan fingerprint density at radius 2 is 2.30 bits per heavy atom. The molecule has 0 radical (unpaired) electrons. The normalized spacial score (nSPS) is 23.7. The van der Waals surface area contributed by atoms with Gasteiger partial charge in [-0.2, -0.15) is 0 Å². The van der Waals surface area contributed by atoms with Gasteiger partial charge in [-0.25, -0.2) is 0 Å². The summed E-state index contributed by atoms with van der Waals surface area (Å²) < 4.78 is 5.17. The standard InChI is InChI=1S/C6H13NO.C2H6.H2/c1-7-4-6-2-3-8-5-6;1-2;/h6-7H,2-5H2,1H3;1-2H3;1H.